The third kappa shape index (κ3) is 4.17. The summed E-state index contributed by atoms with van der Waals surface area (Å²) in [7, 11) is 0. The Kier molecular flexibility index (Phi) is 4.76. The normalized spacial score (nSPS) is 25.2. The third-order valence-corrected chi connectivity index (χ3v) is 4.24. The molecule has 2 atom stereocenters. The monoisotopic (exact) mass is 290 g/mol. The van der Waals surface area contributed by atoms with Gasteiger partial charge in [0.15, 0.2) is 0 Å². The summed E-state index contributed by atoms with van der Waals surface area (Å²) in [6.07, 6.45) is 6.39. The first-order chi connectivity index (χ1) is 10.2. The minimum atomic E-state index is 0.224. The first kappa shape index (κ1) is 14.8. The molecule has 1 aromatic rings. The number of aryl methyl sites for hydroxylation is 2. The van der Waals surface area contributed by atoms with Gasteiger partial charge in [-0.25, -0.2) is 0 Å². The Morgan fingerprint density at radius 2 is 2.05 bits per heavy atom. The largest absolute Gasteiger partial charge is 0.489 e. The van der Waals surface area contributed by atoms with Crippen molar-refractivity contribution in [1.29, 1.82) is 0 Å². The molecule has 2 fully saturated rings. The molecule has 1 N–H and O–H groups in total. The molecule has 1 saturated carbocycles. The van der Waals surface area contributed by atoms with Gasteiger partial charge in [0.2, 0.25) is 0 Å². The third-order valence-electron chi connectivity index (χ3n) is 4.24. The minimum absolute atomic E-state index is 0.224. The topological polar surface area (TPSA) is 43.4 Å². The Balaban J connectivity index is 1.44. The summed E-state index contributed by atoms with van der Waals surface area (Å²) >= 11 is 0. The van der Waals surface area contributed by atoms with Gasteiger partial charge in [-0.2, -0.15) is 0 Å². The molecule has 0 radical (unpaired) electrons. The van der Waals surface area contributed by atoms with E-state index in [1.54, 1.807) is 0 Å². The maximum atomic E-state index is 6.05. The van der Waals surface area contributed by atoms with Gasteiger partial charge in [0.05, 0.1) is 17.9 Å². The van der Waals surface area contributed by atoms with Crippen LogP contribution in [-0.2, 0) is 11.2 Å². The number of hydrogen-bond donors (Lipinski definition) is 1. The second kappa shape index (κ2) is 6.75. The van der Waals surface area contributed by atoms with Crippen LogP contribution in [0.15, 0.2) is 12.1 Å². The minimum Gasteiger partial charge on any atom is -0.489 e. The fourth-order valence-electron chi connectivity index (χ4n) is 2.80. The SMILES string of the molecule is CCc1nc(C)ccc1OCC1CCC(CNC2CC2)O1. The van der Waals surface area contributed by atoms with Crippen molar-refractivity contribution in [3.8, 4) is 5.75 Å². The van der Waals surface area contributed by atoms with Crippen LogP contribution in [0.2, 0.25) is 0 Å². The Morgan fingerprint density at radius 3 is 2.81 bits per heavy atom. The summed E-state index contributed by atoms with van der Waals surface area (Å²) < 4.78 is 12.0. The van der Waals surface area contributed by atoms with E-state index in [0.717, 1.165) is 49.0 Å². The quantitative estimate of drug-likeness (QED) is 0.838. The van der Waals surface area contributed by atoms with Crippen molar-refractivity contribution in [1.82, 2.24) is 10.3 Å². The van der Waals surface area contributed by atoms with E-state index in [1.807, 2.05) is 19.1 Å². The molecule has 116 valence electrons. The molecule has 2 aliphatic rings. The molecule has 1 aliphatic carbocycles. The zero-order valence-corrected chi connectivity index (χ0v) is 13.1. The molecule has 4 nitrogen and oxygen atoms in total. The van der Waals surface area contributed by atoms with Crippen LogP contribution in [0.25, 0.3) is 0 Å². The maximum Gasteiger partial charge on any atom is 0.140 e. The lowest BCUT2D eigenvalue weighted by Crippen LogP contribution is -2.29. The van der Waals surface area contributed by atoms with Gasteiger partial charge >= 0.3 is 0 Å². The summed E-state index contributed by atoms with van der Waals surface area (Å²) in [4.78, 5) is 4.53. The Labute approximate surface area is 127 Å². The second-order valence-corrected chi connectivity index (χ2v) is 6.20. The van der Waals surface area contributed by atoms with Crippen molar-refractivity contribution >= 4 is 0 Å². The van der Waals surface area contributed by atoms with Crippen LogP contribution in [0.4, 0.5) is 0 Å². The molecule has 0 aromatic carbocycles. The van der Waals surface area contributed by atoms with Gasteiger partial charge in [-0.3, -0.25) is 4.98 Å². The zero-order valence-electron chi connectivity index (χ0n) is 13.1. The molecule has 1 saturated heterocycles. The van der Waals surface area contributed by atoms with E-state index >= 15 is 0 Å². The lowest BCUT2D eigenvalue weighted by atomic mass is 10.2. The number of nitrogens with one attached hydrogen (secondary N) is 1. The second-order valence-electron chi connectivity index (χ2n) is 6.20. The molecule has 2 unspecified atom stereocenters. The number of hydrogen-bond acceptors (Lipinski definition) is 4. The molecule has 0 bridgehead atoms. The van der Waals surface area contributed by atoms with Gasteiger partial charge < -0.3 is 14.8 Å². The lowest BCUT2D eigenvalue weighted by molar-refractivity contribution is 0.0181. The van der Waals surface area contributed by atoms with Crippen LogP contribution in [0.3, 0.4) is 0 Å². The van der Waals surface area contributed by atoms with Crippen LogP contribution in [0.1, 0.15) is 44.0 Å². The highest BCUT2D eigenvalue weighted by molar-refractivity contribution is 5.29. The van der Waals surface area contributed by atoms with Crippen molar-refractivity contribution in [3.63, 3.8) is 0 Å². The van der Waals surface area contributed by atoms with E-state index in [2.05, 4.69) is 17.2 Å². The van der Waals surface area contributed by atoms with Gasteiger partial charge in [0, 0.05) is 18.3 Å². The average Bonchev–Trinajstić information content (AvgIpc) is 3.22. The molecular formula is C17H26N2O2. The Morgan fingerprint density at radius 1 is 1.24 bits per heavy atom. The molecular weight excluding hydrogens is 264 g/mol. The highest BCUT2D eigenvalue weighted by Crippen LogP contribution is 2.24. The number of nitrogens with zero attached hydrogens (tertiary/aromatic N) is 1. The summed E-state index contributed by atoms with van der Waals surface area (Å²) in [5.74, 6) is 0.909. The van der Waals surface area contributed by atoms with E-state index in [9.17, 15) is 0 Å². The van der Waals surface area contributed by atoms with Crippen LogP contribution in [0.5, 0.6) is 5.75 Å². The number of pyridine rings is 1. The van der Waals surface area contributed by atoms with Crippen molar-refractivity contribution in [2.45, 2.75) is 64.2 Å². The summed E-state index contributed by atoms with van der Waals surface area (Å²) in [6.45, 7) is 5.76. The van der Waals surface area contributed by atoms with Crippen molar-refractivity contribution in [2.24, 2.45) is 0 Å². The first-order valence-electron chi connectivity index (χ1n) is 8.22. The zero-order chi connectivity index (χ0) is 14.7. The Bertz CT molecular complexity index is 474. The molecule has 0 spiro atoms. The predicted molar refractivity (Wildman–Crippen MR) is 82.8 cm³/mol. The van der Waals surface area contributed by atoms with E-state index in [4.69, 9.17) is 9.47 Å². The fraction of sp³-hybridized carbons (Fsp3) is 0.706. The Hall–Kier alpha value is -1.13. The average molecular weight is 290 g/mol. The molecule has 2 heterocycles. The summed E-state index contributed by atoms with van der Waals surface area (Å²) in [6, 6.07) is 4.80. The van der Waals surface area contributed by atoms with Crippen molar-refractivity contribution in [2.75, 3.05) is 13.2 Å². The van der Waals surface area contributed by atoms with Crippen LogP contribution >= 0.6 is 0 Å². The standard InChI is InChI=1S/C17H26N2O2/c1-3-16-17(9-4-12(2)19-16)20-11-15-8-7-14(21-15)10-18-13-5-6-13/h4,9,13-15,18H,3,5-8,10-11H2,1-2H3. The molecule has 1 aliphatic heterocycles. The van der Waals surface area contributed by atoms with E-state index in [0.29, 0.717) is 12.7 Å². The van der Waals surface area contributed by atoms with Crippen LogP contribution in [-0.4, -0.2) is 36.4 Å². The van der Waals surface area contributed by atoms with E-state index < -0.39 is 0 Å². The van der Waals surface area contributed by atoms with Crippen molar-refractivity contribution < 1.29 is 9.47 Å². The summed E-state index contributed by atoms with van der Waals surface area (Å²) in [5.41, 5.74) is 2.09. The molecule has 3 rings (SSSR count). The number of rotatable bonds is 7. The molecule has 21 heavy (non-hydrogen) atoms. The van der Waals surface area contributed by atoms with Gasteiger partial charge in [-0.15, -0.1) is 0 Å². The lowest BCUT2D eigenvalue weighted by Gasteiger charge is -2.16. The highest BCUT2D eigenvalue weighted by Gasteiger charge is 2.28. The highest BCUT2D eigenvalue weighted by atomic mass is 16.5. The molecule has 4 heteroatoms. The van der Waals surface area contributed by atoms with Crippen LogP contribution in [0, 0.1) is 6.92 Å². The number of ether oxygens (including phenoxy) is 2. The fourth-order valence-corrected chi connectivity index (χ4v) is 2.80. The van der Waals surface area contributed by atoms with Crippen molar-refractivity contribution in [3.05, 3.63) is 23.5 Å². The van der Waals surface area contributed by atoms with Crippen LogP contribution < -0.4 is 10.1 Å². The van der Waals surface area contributed by atoms with Gasteiger partial charge in [-0.1, -0.05) is 6.92 Å². The first-order valence-corrected chi connectivity index (χ1v) is 8.22. The molecule has 0 amide bonds. The van der Waals surface area contributed by atoms with E-state index in [1.165, 1.54) is 12.8 Å². The maximum absolute atomic E-state index is 6.05. The summed E-state index contributed by atoms with van der Waals surface area (Å²) in [5, 5.41) is 3.54. The molecule has 1 aromatic heterocycles. The van der Waals surface area contributed by atoms with Gasteiger partial charge in [0.1, 0.15) is 12.4 Å². The smallest absolute Gasteiger partial charge is 0.140 e. The van der Waals surface area contributed by atoms with E-state index in [-0.39, 0.29) is 6.10 Å². The number of aromatic nitrogens is 1. The van der Waals surface area contributed by atoms with Gasteiger partial charge in [0.25, 0.3) is 0 Å². The predicted octanol–water partition coefficient (Wildman–Crippen LogP) is 2.63. The van der Waals surface area contributed by atoms with Gasteiger partial charge in [-0.05, 0) is 51.2 Å².